The van der Waals surface area contributed by atoms with E-state index >= 15 is 0 Å². The van der Waals surface area contributed by atoms with Gasteiger partial charge in [0.05, 0.1) is 31.1 Å². The van der Waals surface area contributed by atoms with Gasteiger partial charge in [0.2, 0.25) is 0 Å². The van der Waals surface area contributed by atoms with Gasteiger partial charge in [0, 0.05) is 6.54 Å². The number of nitrogen functional groups attached to an aromatic ring is 1. The molecule has 18 heavy (non-hydrogen) atoms. The van der Waals surface area contributed by atoms with Gasteiger partial charge in [-0.05, 0) is 13.3 Å². The molecule has 6 heteroatoms. The molecule has 0 saturated carbocycles. The first-order chi connectivity index (χ1) is 8.61. The van der Waals surface area contributed by atoms with Crippen molar-refractivity contribution < 1.29 is 9.53 Å². The number of rotatable bonds is 2. The van der Waals surface area contributed by atoms with E-state index in [2.05, 4.69) is 9.97 Å². The second-order valence-electron chi connectivity index (χ2n) is 4.49. The molecule has 98 valence electrons. The van der Waals surface area contributed by atoms with Crippen molar-refractivity contribution >= 4 is 11.7 Å². The van der Waals surface area contributed by atoms with Gasteiger partial charge in [0.15, 0.2) is 0 Å². The van der Waals surface area contributed by atoms with Gasteiger partial charge in [-0.25, -0.2) is 4.98 Å². The lowest BCUT2D eigenvalue weighted by atomic mass is 10.1. The summed E-state index contributed by atoms with van der Waals surface area (Å²) >= 11 is 0. The zero-order valence-electron chi connectivity index (χ0n) is 10.7. The third-order valence-electron chi connectivity index (χ3n) is 3.07. The van der Waals surface area contributed by atoms with E-state index in [9.17, 15) is 4.79 Å². The molecule has 2 unspecified atom stereocenters. The Kier molecular flexibility index (Phi) is 3.76. The van der Waals surface area contributed by atoms with Crippen LogP contribution in [0.4, 0.5) is 5.82 Å². The molecule has 1 amide bonds. The smallest absolute Gasteiger partial charge is 0.274 e. The van der Waals surface area contributed by atoms with Crippen LogP contribution in [-0.4, -0.2) is 46.1 Å². The van der Waals surface area contributed by atoms with Crippen molar-refractivity contribution in [3.05, 3.63) is 18.1 Å². The highest BCUT2D eigenvalue weighted by Crippen LogP contribution is 2.17. The summed E-state index contributed by atoms with van der Waals surface area (Å²) in [6.07, 6.45) is 3.78. The van der Waals surface area contributed by atoms with Crippen molar-refractivity contribution in [2.45, 2.75) is 32.4 Å². The maximum absolute atomic E-state index is 12.4. The molecule has 2 rings (SSSR count). The van der Waals surface area contributed by atoms with Crippen LogP contribution in [-0.2, 0) is 4.74 Å². The molecule has 2 heterocycles. The van der Waals surface area contributed by atoms with Crippen LogP contribution < -0.4 is 5.73 Å². The molecule has 2 atom stereocenters. The molecule has 0 bridgehead atoms. The molecule has 0 radical (unpaired) electrons. The fourth-order valence-electron chi connectivity index (χ4n) is 2.06. The standard InChI is InChI=1S/C12H18N4O2/c1-3-9-7-18-8(2)6-16(9)12(17)10-4-14-5-11(13)15-10/h4-5,8-9H,3,6-7H2,1-2H3,(H2,13,15). The predicted molar refractivity (Wildman–Crippen MR) is 67.0 cm³/mol. The Balaban J connectivity index is 2.20. The number of nitrogens with two attached hydrogens (primary N) is 1. The highest BCUT2D eigenvalue weighted by Gasteiger charge is 2.30. The number of carbonyl (C=O) groups is 1. The molecule has 1 saturated heterocycles. The lowest BCUT2D eigenvalue weighted by molar-refractivity contribution is -0.0446. The first-order valence-electron chi connectivity index (χ1n) is 6.12. The molecule has 1 aromatic rings. The number of ether oxygens (including phenoxy) is 1. The summed E-state index contributed by atoms with van der Waals surface area (Å²) in [7, 11) is 0. The van der Waals surface area contributed by atoms with Gasteiger partial charge in [-0.2, -0.15) is 0 Å². The second-order valence-corrected chi connectivity index (χ2v) is 4.49. The number of aromatic nitrogens is 2. The van der Waals surface area contributed by atoms with E-state index in [1.807, 2.05) is 13.8 Å². The summed E-state index contributed by atoms with van der Waals surface area (Å²) < 4.78 is 5.57. The third kappa shape index (κ3) is 2.59. The first-order valence-corrected chi connectivity index (χ1v) is 6.12. The van der Waals surface area contributed by atoms with Crippen LogP contribution in [0.1, 0.15) is 30.8 Å². The number of anilines is 1. The highest BCUT2D eigenvalue weighted by molar-refractivity contribution is 5.92. The molecule has 1 fully saturated rings. The minimum atomic E-state index is -0.128. The summed E-state index contributed by atoms with van der Waals surface area (Å²) in [6, 6.07) is 0.0944. The van der Waals surface area contributed by atoms with Crippen LogP contribution in [0.15, 0.2) is 12.4 Å². The molecule has 2 N–H and O–H groups in total. The minimum Gasteiger partial charge on any atom is -0.382 e. The number of carbonyl (C=O) groups excluding carboxylic acids is 1. The number of morpholine rings is 1. The molecule has 1 aliphatic rings. The number of hydrogen-bond acceptors (Lipinski definition) is 5. The van der Waals surface area contributed by atoms with Crippen LogP contribution in [0.25, 0.3) is 0 Å². The van der Waals surface area contributed by atoms with E-state index in [4.69, 9.17) is 10.5 Å². The van der Waals surface area contributed by atoms with Crippen molar-refractivity contribution in [3.63, 3.8) is 0 Å². The zero-order valence-corrected chi connectivity index (χ0v) is 10.7. The van der Waals surface area contributed by atoms with Gasteiger partial charge < -0.3 is 15.4 Å². The fraction of sp³-hybridized carbons (Fsp3) is 0.583. The lowest BCUT2D eigenvalue weighted by Crippen LogP contribution is -2.51. The van der Waals surface area contributed by atoms with Crippen LogP contribution in [0.2, 0.25) is 0 Å². The summed E-state index contributed by atoms with van der Waals surface area (Å²) in [6.45, 7) is 5.14. The Labute approximate surface area is 106 Å². The van der Waals surface area contributed by atoms with Gasteiger partial charge in [-0.1, -0.05) is 6.92 Å². The van der Waals surface area contributed by atoms with Gasteiger partial charge >= 0.3 is 0 Å². The maximum Gasteiger partial charge on any atom is 0.274 e. The molecular formula is C12H18N4O2. The Morgan fingerprint density at radius 3 is 3.06 bits per heavy atom. The Hall–Kier alpha value is -1.69. The van der Waals surface area contributed by atoms with Crippen molar-refractivity contribution in [2.24, 2.45) is 0 Å². The topological polar surface area (TPSA) is 81.3 Å². The van der Waals surface area contributed by atoms with Crippen LogP contribution in [0, 0.1) is 0 Å². The quantitative estimate of drug-likeness (QED) is 0.835. The molecular weight excluding hydrogens is 232 g/mol. The van der Waals surface area contributed by atoms with Gasteiger partial charge in [0.1, 0.15) is 11.5 Å². The SMILES string of the molecule is CCC1COC(C)CN1C(=O)c1cncc(N)n1. The van der Waals surface area contributed by atoms with E-state index in [0.717, 1.165) is 6.42 Å². The number of amides is 1. The average molecular weight is 250 g/mol. The number of nitrogens with zero attached hydrogens (tertiary/aromatic N) is 3. The first kappa shape index (κ1) is 12.8. The molecule has 6 nitrogen and oxygen atoms in total. The summed E-state index contributed by atoms with van der Waals surface area (Å²) in [4.78, 5) is 22.1. The van der Waals surface area contributed by atoms with E-state index in [0.29, 0.717) is 18.8 Å². The normalized spacial score (nSPS) is 24.0. The summed E-state index contributed by atoms with van der Waals surface area (Å²) in [5.74, 6) is 0.131. The van der Waals surface area contributed by atoms with Crippen molar-refractivity contribution in [2.75, 3.05) is 18.9 Å². The Morgan fingerprint density at radius 2 is 2.39 bits per heavy atom. The molecule has 1 aliphatic heterocycles. The number of hydrogen-bond donors (Lipinski definition) is 1. The molecule has 0 aliphatic carbocycles. The van der Waals surface area contributed by atoms with E-state index in [1.54, 1.807) is 4.90 Å². The maximum atomic E-state index is 12.4. The van der Waals surface area contributed by atoms with Crippen LogP contribution >= 0.6 is 0 Å². The highest BCUT2D eigenvalue weighted by atomic mass is 16.5. The van der Waals surface area contributed by atoms with Crippen LogP contribution in [0.3, 0.4) is 0 Å². The average Bonchev–Trinajstić information content (AvgIpc) is 2.38. The molecule has 0 spiro atoms. The fourth-order valence-corrected chi connectivity index (χ4v) is 2.06. The predicted octanol–water partition coefficient (Wildman–Crippen LogP) is 0.698. The van der Waals surface area contributed by atoms with Crippen molar-refractivity contribution in [1.82, 2.24) is 14.9 Å². The molecule has 0 aromatic carbocycles. The van der Waals surface area contributed by atoms with Gasteiger partial charge in [0.25, 0.3) is 5.91 Å². The van der Waals surface area contributed by atoms with E-state index < -0.39 is 0 Å². The van der Waals surface area contributed by atoms with Crippen LogP contribution in [0.5, 0.6) is 0 Å². The largest absolute Gasteiger partial charge is 0.382 e. The van der Waals surface area contributed by atoms with Gasteiger partial charge in [-0.3, -0.25) is 9.78 Å². The van der Waals surface area contributed by atoms with E-state index in [1.165, 1.54) is 12.4 Å². The monoisotopic (exact) mass is 250 g/mol. The molecule has 1 aromatic heterocycles. The van der Waals surface area contributed by atoms with Gasteiger partial charge in [-0.15, -0.1) is 0 Å². The van der Waals surface area contributed by atoms with Crippen molar-refractivity contribution in [3.8, 4) is 0 Å². The zero-order chi connectivity index (χ0) is 13.1. The van der Waals surface area contributed by atoms with Crippen molar-refractivity contribution in [1.29, 1.82) is 0 Å². The minimum absolute atomic E-state index is 0.0470. The Morgan fingerprint density at radius 1 is 1.61 bits per heavy atom. The summed E-state index contributed by atoms with van der Waals surface area (Å²) in [5, 5.41) is 0. The van der Waals surface area contributed by atoms with E-state index in [-0.39, 0.29) is 23.9 Å². The third-order valence-corrected chi connectivity index (χ3v) is 3.07. The Bertz CT molecular complexity index is 438. The lowest BCUT2D eigenvalue weighted by Gasteiger charge is -2.38. The summed E-state index contributed by atoms with van der Waals surface area (Å²) in [5.41, 5.74) is 5.85. The second kappa shape index (κ2) is 5.30.